The summed E-state index contributed by atoms with van der Waals surface area (Å²) in [6.07, 6.45) is 3.12. The quantitative estimate of drug-likeness (QED) is 0.0173. The van der Waals surface area contributed by atoms with Gasteiger partial charge in [0, 0.05) is 45.3 Å². The van der Waals surface area contributed by atoms with E-state index in [-0.39, 0.29) is 83.0 Å². The smallest absolute Gasteiger partial charge is 0.245 e. The van der Waals surface area contributed by atoms with Gasteiger partial charge in [0.05, 0.1) is 12.6 Å². The van der Waals surface area contributed by atoms with Crippen molar-refractivity contribution in [3.8, 4) is 0 Å². The Kier molecular flexibility index (Phi) is 33.9. The van der Waals surface area contributed by atoms with Crippen molar-refractivity contribution in [3.05, 3.63) is 71.8 Å². The number of carbonyl (C=O) groups excluding carboxylic acids is 13. The van der Waals surface area contributed by atoms with Gasteiger partial charge in [0.15, 0.2) is 5.96 Å². The van der Waals surface area contributed by atoms with Crippen LogP contribution in [0.1, 0.15) is 121 Å². The summed E-state index contributed by atoms with van der Waals surface area (Å²) in [5.74, 6) is -9.80. The van der Waals surface area contributed by atoms with Gasteiger partial charge in [-0.3, -0.25) is 67.3 Å². The van der Waals surface area contributed by atoms with Gasteiger partial charge in [0.1, 0.15) is 54.4 Å². The zero-order chi connectivity index (χ0) is 70.1. The molecule has 95 heavy (non-hydrogen) atoms. The molecule has 31 nitrogen and oxygen atoms in total. The van der Waals surface area contributed by atoms with Crippen LogP contribution in [0.4, 0.5) is 0 Å². The van der Waals surface area contributed by atoms with Crippen molar-refractivity contribution in [2.45, 2.75) is 183 Å². The topological polar surface area (TPSA) is 519 Å². The van der Waals surface area contributed by atoms with Crippen molar-refractivity contribution in [2.24, 2.45) is 51.0 Å². The molecule has 2 fully saturated rings. The van der Waals surface area contributed by atoms with Crippen LogP contribution in [0.3, 0.4) is 0 Å². The predicted octanol–water partition coefficient (Wildman–Crippen LogP) is -3.71. The van der Waals surface area contributed by atoms with Gasteiger partial charge >= 0.3 is 0 Å². The Hall–Kier alpha value is -8.91. The molecule has 10 atom stereocenters. The Morgan fingerprint density at radius 2 is 1.01 bits per heavy atom. The molecule has 22 N–H and O–H groups in total. The van der Waals surface area contributed by atoms with Crippen LogP contribution in [0.5, 0.6) is 0 Å². The lowest BCUT2D eigenvalue weighted by molar-refractivity contribution is -0.144. The first kappa shape index (κ1) is 78.5. The van der Waals surface area contributed by atoms with Gasteiger partial charge in [-0.05, 0) is 119 Å². The number of likely N-dealkylation sites (tertiary alicyclic amines) is 2. The van der Waals surface area contributed by atoms with Crippen LogP contribution in [0, 0.1) is 5.92 Å². The molecule has 0 spiro atoms. The lowest BCUT2D eigenvalue weighted by Crippen LogP contribution is -2.60. The summed E-state index contributed by atoms with van der Waals surface area (Å²) >= 11 is 1.45. The van der Waals surface area contributed by atoms with E-state index in [1.54, 1.807) is 60.7 Å². The number of nitrogens with two attached hydrogens (primary N) is 7. The van der Waals surface area contributed by atoms with Gasteiger partial charge in [0.25, 0.3) is 0 Å². The fourth-order valence-corrected chi connectivity index (χ4v) is 11.5. The number of hydrogen-bond donors (Lipinski definition) is 15. The lowest BCUT2D eigenvalue weighted by Gasteiger charge is -2.32. The lowest BCUT2D eigenvalue weighted by atomic mass is 10.0. The molecule has 0 unspecified atom stereocenters. The van der Waals surface area contributed by atoms with E-state index in [1.807, 2.05) is 20.1 Å². The number of unbranched alkanes of at least 4 members (excludes halogenated alkanes) is 1. The van der Waals surface area contributed by atoms with E-state index in [4.69, 9.17) is 40.1 Å². The molecule has 2 saturated heterocycles. The third-order valence-corrected chi connectivity index (χ3v) is 16.7. The number of benzene rings is 2. The van der Waals surface area contributed by atoms with E-state index in [2.05, 4.69) is 47.5 Å². The highest BCUT2D eigenvalue weighted by atomic mass is 32.2. The first-order valence-electron chi connectivity index (χ1n) is 32.2. The number of aliphatic imine (C=N–C) groups is 1. The van der Waals surface area contributed by atoms with E-state index in [1.165, 1.54) is 21.6 Å². The second kappa shape index (κ2) is 41.0. The minimum absolute atomic E-state index is 0.0736. The Bertz CT molecular complexity index is 2960. The zero-order valence-electron chi connectivity index (χ0n) is 54.5. The Morgan fingerprint density at radius 1 is 0.537 bits per heavy atom. The highest BCUT2D eigenvalue weighted by Gasteiger charge is 2.42. The third kappa shape index (κ3) is 27.5. The number of nitrogens with zero attached hydrogens (tertiary/aromatic N) is 3. The van der Waals surface area contributed by atoms with Crippen LogP contribution in [0.15, 0.2) is 65.7 Å². The van der Waals surface area contributed by atoms with Crippen molar-refractivity contribution in [3.63, 3.8) is 0 Å². The Morgan fingerprint density at radius 3 is 1.51 bits per heavy atom. The zero-order valence-corrected chi connectivity index (χ0v) is 55.3. The fourth-order valence-electron chi connectivity index (χ4n) is 11.0. The maximum atomic E-state index is 14.7. The number of primary amides is 3. The molecule has 524 valence electrons. The molecule has 4 rings (SSSR count). The number of hydrogen-bond acceptors (Lipinski definition) is 17. The van der Waals surface area contributed by atoms with Crippen LogP contribution in [-0.4, -0.2) is 198 Å². The van der Waals surface area contributed by atoms with Gasteiger partial charge < -0.3 is 92.5 Å². The Labute approximate surface area is 558 Å². The van der Waals surface area contributed by atoms with Gasteiger partial charge in [-0.2, -0.15) is 11.8 Å². The van der Waals surface area contributed by atoms with Crippen molar-refractivity contribution in [1.29, 1.82) is 0 Å². The molecule has 32 heteroatoms. The molecular weight excluding hydrogens is 1250 g/mol. The molecular formula is C63H98N18O13S. The van der Waals surface area contributed by atoms with Crippen molar-refractivity contribution in [1.82, 2.24) is 52.3 Å². The van der Waals surface area contributed by atoms with Crippen molar-refractivity contribution in [2.75, 3.05) is 44.7 Å². The number of carbonyl (C=O) groups is 13. The second-order valence-corrected chi connectivity index (χ2v) is 25.1. The summed E-state index contributed by atoms with van der Waals surface area (Å²) < 4.78 is 0. The van der Waals surface area contributed by atoms with E-state index in [9.17, 15) is 62.3 Å². The fraction of sp³-hybridized carbons (Fsp3) is 0.587. The third-order valence-electron chi connectivity index (χ3n) is 16.0. The summed E-state index contributed by atoms with van der Waals surface area (Å²) in [6, 6.07) is 4.51. The first-order valence-corrected chi connectivity index (χ1v) is 33.6. The second-order valence-electron chi connectivity index (χ2n) is 24.1. The SMILES string of the molecule is CSCC[C@H](NC(=O)[C@H](CC(C)C)NC(=O)CNC(=O)[C@@H](Cc1ccccc1)NC(=O)[C@@H](Cc1ccccc1)NC(=O)[C@H](CCC(N)=O)NC(=O)[C@@H](CCC(N)=O)NC(=O)[C@@H]1CCCN1C(=O)[C@@H](CCCCN)NC(=O)[C@H]1CCCN1C(=O)[C@H](N)CCCN=C(N)N)C(N)=O. The molecule has 2 aromatic rings. The molecule has 0 aromatic heterocycles. The molecule has 0 radical (unpaired) electrons. The number of thioether (sulfide) groups is 1. The van der Waals surface area contributed by atoms with Gasteiger partial charge in [0.2, 0.25) is 76.8 Å². The number of nitrogens with one attached hydrogen (secondary N) is 8. The summed E-state index contributed by atoms with van der Waals surface area (Å²) in [6.45, 7) is 3.86. The maximum absolute atomic E-state index is 14.7. The standard InChI is InChI=1S/C63H98N18O13S/c1-37(2)33-45(57(89)74-41(53(68)85)27-32-95-3)73-52(84)36-72-54(86)46(34-38-15-6-4-7-16-38)78-58(90)47(35-39-17-8-5-9-18-39)79-56(88)42(23-25-50(66)82)75-55(87)43(24-26-51(67)83)76-59(91)49-22-14-31-81(49)62(94)44(20-10-11-28-64)77-60(92)48-21-13-30-80(48)61(93)40(65)19-12-29-71-63(69)70/h4-9,15-18,37,40-49H,10-14,19-36,64-65H2,1-3H3,(H2,66,82)(H2,67,83)(H2,68,85)(H,72,86)(H,73,84)(H,74,89)(H,75,87)(H,76,91)(H,77,92)(H,78,90)(H,79,88)(H4,69,70,71)/t40-,41+,42+,43-,44-,45+,46-,47-,48-,49+/m1/s1. The monoisotopic (exact) mass is 1350 g/mol. The van der Waals surface area contributed by atoms with Crippen LogP contribution in [0.2, 0.25) is 0 Å². The van der Waals surface area contributed by atoms with Crippen LogP contribution >= 0.6 is 11.8 Å². The van der Waals surface area contributed by atoms with E-state index in [0.29, 0.717) is 55.4 Å². The van der Waals surface area contributed by atoms with Crippen molar-refractivity contribution < 1.29 is 62.3 Å². The average Bonchev–Trinajstić information content (AvgIpc) is 1.74. The number of rotatable bonds is 42. The minimum Gasteiger partial charge on any atom is -0.370 e. The van der Waals surface area contributed by atoms with Crippen LogP contribution < -0.4 is 82.7 Å². The predicted molar refractivity (Wildman–Crippen MR) is 356 cm³/mol. The van der Waals surface area contributed by atoms with E-state index < -0.39 is 169 Å². The summed E-state index contributed by atoms with van der Waals surface area (Å²) in [4.78, 5) is 185. The molecule has 2 heterocycles. The molecule has 0 aliphatic carbocycles. The average molecular weight is 1350 g/mol. The normalized spacial score (nSPS) is 16.8. The molecule has 13 amide bonds. The van der Waals surface area contributed by atoms with Crippen LogP contribution in [-0.2, 0) is 75.2 Å². The minimum atomic E-state index is -1.64. The van der Waals surface area contributed by atoms with Gasteiger partial charge in [-0.15, -0.1) is 0 Å². The Balaban J connectivity index is 1.56. The highest BCUT2D eigenvalue weighted by molar-refractivity contribution is 7.98. The first-order chi connectivity index (χ1) is 45.2. The highest BCUT2D eigenvalue weighted by Crippen LogP contribution is 2.24. The summed E-state index contributed by atoms with van der Waals surface area (Å²) in [7, 11) is 0. The van der Waals surface area contributed by atoms with Crippen LogP contribution in [0.25, 0.3) is 0 Å². The van der Waals surface area contributed by atoms with E-state index >= 15 is 0 Å². The van der Waals surface area contributed by atoms with Crippen molar-refractivity contribution >= 4 is 94.5 Å². The number of amides is 13. The number of guanidine groups is 1. The van der Waals surface area contributed by atoms with Gasteiger partial charge in [-0.1, -0.05) is 74.5 Å². The summed E-state index contributed by atoms with van der Waals surface area (Å²) in [5, 5.41) is 21.1. The van der Waals surface area contributed by atoms with Gasteiger partial charge in [-0.25, -0.2) is 0 Å². The maximum Gasteiger partial charge on any atom is 0.245 e. The molecule has 2 aromatic carbocycles. The largest absolute Gasteiger partial charge is 0.370 e. The molecule has 0 bridgehead atoms. The summed E-state index contributed by atoms with van der Waals surface area (Å²) in [5.41, 5.74) is 40.6. The molecule has 0 saturated carbocycles. The van der Waals surface area contributed by atoms with E-state index in [0.717, 1.165) is 0 Å². The molecule has 2 aliphatic rings. The molecule has 2 aliphatic heterocycles.